The summed E-state index contributed by atoms with van der Waals surface area (Å²) in [6.07, 6.45) is 4.34. The number of rotatable bonds is 5. The summed E-state index contributed by atoms with van der Waals surface area (Å²) in [7, 11) is 0. The molecular formula is C12H15ClN4O. The van der Waals surface area contributed by atoms with Gasteiger partial charge in [0.15, 0.2) is 5.76 Å². The van der Waals surface area contributed by atoms with Crippen LogP contribution in [-0.2, 0) is 13.1 Å². The van der Waals surface area contributed by atoms with E-state index in [-0.39, 0.29) is 0 Å². The molecule has 5 nitrogen and oxygen atoms in total. The fourth-order valence-electron chi connectivity index (χ4n) is 1.78. The number of aromatic nitrogens is 3. The van der Waals surface area contributed by atoms with Crippen LogP contribution in [0.25, 0.3) is 0 Å². The average molecular weight is 267 g/mol. The highest BCUT2D eigenvalue weighted by molar-refractivity contribution is 6.31. The first-order valence-electron chi connectivity index (χ1n) is 6.08. The van der Waals surface area contributed by atoms with Gasteiger partial charge in [-0.3, -0.25) is 4.68 Å². The van der Waals surface area contributed by atoms with Gasteiger partial charge in [-0.1, -0.05) is 16.8 Å². The van der Waals surface area contributed by atoms with Crippen LogP contribution in [0.1, 0.15) is 30.0 Å². The zero-order valence-corrected chi connectivity index (χ0v) is 10.9. The van der Waals surface area contributed by atoms with E-state index in [4.69, 9.17) is 16.1 Å². The van der Waals surface area contributed by atoms with Crippen molar-refractivity contribution in [3.8, 4) is 0 Å². The molecule has 1 N–H and O–H groups in total. The minimum Gasteiger partial charge on any atom is -0.359 e. The van der Waals surface area contributed by atoms with Gasteiger partial charge in [0.25, 0.3) is 0 Å². The Labute approximate surface area is 110 Å². The van der Waals surface area contributed by atoms with Gasteiger partial charge in [0.1, 0.15) is 6.54 Å². The zero-order chi connectivity index (χ0) is 12.5. The maximum absolute atomic E-state index is 5.95. The van der Waals surface area contributed by atoms with E-state index in [0.717, 1.165) is 23.7 Å². The van der Waals surface area contributed by atoms with Crippen molar-refractivity contribution in [1.29, 1.82) is 0 Å². The van der Waals surface area contributed by atoms with Crippen molar-refractivity contribution in [2.24, 2.45) is 0 Å². The highest BCUT2D eigenvalue weighted by Gasteiger charge is 2.20. The molecule has 0 radical (unpaired) electrons. The molecule has 0 bridgehead atoms. The van der Waals surface area contributed by atoms with Gasteiger partial charge in [-0.15, -0.1) is 0 Å². The van der Waals surface area contributed by atoms with Gasteiger partial charge in [-0.05, 0) is 19.8 Å². The molecule has 1 fully saturated rings. The Morgan fingerprint density at radius 1 is 1.56 bits per heavy atom. The fraction of sp³-hybridized carbons (Fsp3) is 0.500. The molecule has 1 aliphatic rings. The number of halogens is 1. The maximum Gasteiger partial charge on any atom is 0.158 e. The number of hydrogen-bond acceptors (Lipinski definition) is 4. The highest BCUT2D eigenvalue weighted by Crippen LogP contribution is 2.19. The van der Waals surface area contributed by atoms with E-state index >= 15 is 0 Å². The molecule has 0 aromatic carbocycles. The smallest absolute Gasteiger partial charge is 0.158 e. The second kappa shape index (κ2) is 4.74. The van der Waals surface area contributed by atoms with Gasteiger partial charge in [-0.2, -0.15) is 5.10 Å². The van der Waals surface area contributed by atoms with Crippen LogP contribution >= 0.6 is 11.6 Å². The van der Waals surface area contributed by atoms with E-state index in [9.17, 15) is 0 Å². The summed E-state index contributed by atoms with van der Waals surface area (Å²) >= 11 is 5.95. The third-order valence-electron chi connectivity index (χ3n) is 2.96. The van der Waals surface area contributed by atoms with Crippen LogP contribution in [-0.4, -0.2) is 21.0 Å². The monoisotopic (exact) mass is 266 g/mol. The number of hydrogen-bond donors (Lipinski definition) is 1. The normalized spacial score (nSPS) is 15.2. The third-order valence-corrected chi connectivity index (χ3v) is 3.33. The van der Waals surface area contributed by atoms with Crippen molar-refractivity contribution in [2.75, 3.05) is 0 Å². The van der Waals surface area contributed by atoms with E-state index in [0.29, 0.717) is 17.6 Å². The molecule has 18 heavy (non-hydrogen) atoms. The SMILES string of the molecule is Cc1nn(Cc2cc(CNC3CC3)no2)cc1Cl. The number of aryl methyl sites for hydroxylation is 1. The minimum absolute atomic E-state index is 0.560. The summed E-state index contributed by atoms with van der Waals surface area (Å²) in [4.78, 5) is 0. The van der Waals surface area contributed by atoms with Crippen LogP contribution in [0.4, 0.5) is 0 Å². The zero-order valence-electron chi connectivity index (χ0n) is 10.2. The highest BCUT2D eigenvalue weighted by atomic mass is 35.5. The Kier molecular flexibility index (Phi) is 3.09. The van der Waals surface area contributed by atoms with Crippen LogP contribution in [0, 0.1) is 6.92 Å². The quantitative estimate of drug-likeness (QED) is 0.901. The molecule has 6 heteroatoms. The lowest BCUT2D eigenvalue weighted by Gasteiger charge is -1.96. The molecule has 0 atom stereocenters. The van der Waals surface area contributed by atoms with E-state index in [1.807, 2.05) is 13.0 Å². The lowest BCUT2D eigenvalue weighted by Crippen LogP contribution is -2.15. The molecule has 0 spiro atoms. The van der Waals surface area contributed by atoms with E-state index in [1.165, 1.54) is 12.8 Å². The first-order valence-corrected chi connectivity index (χ1v) is 6.46. The van der Waals surface area contributed by atoms with Crippen LogP contribution in [0.5, 0.6) is 0 Å². The Balaban J connectivity index is 1.61. The summed E-state index contributed by atoms with van der Waals surface area (Å²) in [5, 5.41) is 12.4. The van der Waals surface area contributed by atoms with Gasteiger partial charge in [-0.25, -0.2) is 0 Å². The van der Waals surface area contributed by atoms with Crippen molar-refractivity contribution < 1.29 is 4.52 Å². The lowest BCUT2D eigenvalue weighted by molar-refractivity contribution is 0.364. The van der Waals surface area contributed by atoms with Gasteiger partial charge in [0.2, 0.25) is 0 Å². The predicted octanol–water partition coefficient (Wildman–Crippen LogP) is 2.13. The van der Waals surface area contributed by atoms with Crippen molar-refractivity contribution in [3.63, 3.8) is 0 Å². The molecule has 2 heterocycles. The van der Waals surface area contributed by atoms with Crippen molar-refractivity contribution in [1.82, 2.24) is 20.3 Å². The van der Waals surface area contributed by atoms with E-state index in [1.54, 1.807) is 10.9 Å². The molecular weight excluding hydrogens is 252 g/mol. The Bertz CT molecular complexity index is 525. The first-order chi connectivity index (χ1) is 8.70. The van der Waals surface area contributed by atoms with E-state index in [2.05, 4.69) is 15.6 Å². The molecule has 3 rings (SSSR count). The Hall–Kier alpha value is -1.33. The lowest BCUT2D eigenvalue weighted by atomic mass is 10.3. The average Bonchev–Trinajstić information content (AvgIpc) is 2.98. The third kappa shape index (κ3) is 2.73. The molecule has 1 saturated carbocycles. The van der Waals surface area contributed by atoms with Gasteiger partial charge >= 0.3 is 0 Å². The standard InChI is InChI=1S/C12H15ClN4O/c1-8-12(13)7-17(15-8)6-11-4-10(16-18-11)5-14-9-2-3-9/h4,7,9,14H,2-3,5-6H2,1H3. The first kappa shape index (κ1) is 11.7. The van der Waals surface area contributed by atoms with Crippen molar-refractivity contribution in [3.05, 3.63) is 34.4 Å². The topological polar surface area (TPSA) is 55.9 Å². The van der Waals surface area contributed by atoms with E-state index < -0.39 is 0 Å². The molecule has 0 aliphatic heterocycles. The van der Waals surface area contributed by atoms with Gasteiger partial charge in [0, 0.05) is 24.8 Å². The largest absolute Gasteiger partial charge is 0.359 e. The number of nitrogens with zero attached hydrogens (tertiary/aromatic N) is 3. The second-order valence-corrected chi connectivity index (χ2v) is 5.11. The predicted molar refractivity (Wildman–Crippen MR) is 67.4 cm³/mol. The molecule has 0 amide bonds. The summed E-state index contributed by atoms with van der Waals surface area (Å²) in [6.45, 7) is 3.21. The summed E-state index contributed by atoms with van der Waals surface area (Å²) in [5.74, 6) is 0.793. The molecule has 1 aliphatic carbocycles. The van der Waals surface area contributed by atoms with Crippen LogP contribution in [0.15, 0.2) is 16.8 Å². The van der Waals surface area contributed by atoms with Gasteiger partial charge in [0.05, 0.1) is 16.4 Å². The fourth-order valence-corrected chi connectivity index (χ4v) is 1.93. The van der Waals surface area contributed by atoms with Crippen LogP contribution < -0.4 is 5.32 Å². The second-order valence-electron chi connectivity index (χ2n) is 4.70. The molecule has 0 unspecified atom stereocenters. The van der Waals surface area contributed by atoms with Crippen molar-refractivity contribution >= 4 is 11.6 Å². The van der Waals surface area contributed by atoms with Crippen molar-refractivity contribution in [2.45, 2.75) is 38.9 Å². The minimum atomic E-state index is 0.560. The summed E-state index contributed by atoms with van der Waals surface area (Å²) < 4.78 is 7.04. The molecule has 96 valence electrons. The Morgan fingerprint density at radius 2 is 2.39 bits per heavy atom. The molecule has 0 saturated heterocycles. The van der Waals surface area contributed by atoms with Crippen LogP contribution in [0.2, 0.25) is 5.02 Å². The van der Waals surface area contributed by atoms with Gasteiger partial charge < -0.3 is 9.84 Å². The molecule has 2 aromatic rings. The molecule has 2 aromatic heterocycles. The summed E-state index contributed by atoms with van der Waals surface area (Å²) in [6, 6.07) is 2.64. The number of nitrogens with one attached hydrogen (secondary N) is 1. The summed E-state index contributed by atoms with van der Waals surface area (Å²) in [5.41, 5.74) is 1.76. The maximum atomic E-state index is 5.95. The van der Waals surface area contributed by atoms with Crippen LogP contribution in [0.3, 0.4) is 0 Å². The Morgan fingerprint density at radius 3 is 3.06 bits per heavy atom.